The average Bonchev–Trinajstić information content (AvgIpc) is 1.98. The van der Waals surface area contributed by atoms with Crippen LogP contribution in [-0.2, 0) is 9.36 Å². The zero-order valence-electron chi connectivity index (χ0n) is 6.73. The summed E-state index contributed by atoms with van der Waals surface area (Å²) in [7, 11) is -4.91. The van der Waals surface area contributed by atoms with Gasteiger partial charge in [0.2, 0.25) is 0 Å². The minimum atomic E-state index is -4.91. The van der Waals surface area contributed by atoms with E-state index in [1.807, 2.05) is 0 Å². The molecule has 0 amide bonds. The number of Topliss-reactive ketones (excluding diaryl/α,β-unsaturated/α-hetero) is 1. The third kappa shape index (κ3) is 3.51. The van der Waals surface area contributed by atoms with Crippen molar-refractivity contribution in [3.05, 3.63) is 0 Å². The van der Waals surface area contributed by atoms with E-state index in [0.717, 1.165) is 6.92 Å². The van der Waals surface area contributed by atoms with Gasteiger partial charge in [0.25, 0.3) is 0 Å². The lowest BCUT2D eigenvalue weighted by Crippen LogP contribution is -2.41. The van der Waals surface area contributed by atoms with Gasteiger partial charge >= 0.3 is 7.60 Å². The molecule has 0 saturated carbocycles. The van der Waals surface area contributed by atoms with E-state index in [1.165, 1.54) is 0 Å². The van der Waals surface area contributed by atoms with Gasteiger partial charge in [0, 0.05) is 0 Å². The molecule has 0 aliphatic rings. The Morgan fingerprint density at radius 2 is 1.62 bits per heavy atom. The van der Waals surface area contributed by atoms with Crippen LogP contribution in [-0.4, -0.2) is 48.9 Å². The lowest BCUT2D eigenvalue weighted by atomic mass is 10.1. The molecule has 8 heteroatoms. The minimum absolute atomic E-state index is 0.889. The fourth-order valence-electron chi connectivity index (χ4n) is 0.602. The van der Waals surface area contributed by atoms with Crippen molar-refractivity contribution in [2.24, 2.45) is 0 Å². The molecule has 0 heterocycles. The second-order valence-electron chi connectivity index (χ2n) is 2.55. The number of carbonyl (C=O) groups is 1. The van der Waals surface area contributed by atoms with E-state index in [0.29, 0.717) is 0 Å². The molecule has 78 valence electrons. The van der Waals surface area contributed by atoms with Crippen LogP contribution in [0.25, 0.3) is 0 Å². The Morgan fingerprint density at radius 1 is 1.23 bits per heavy atom. The number of aliphatic hydroxyl groups is 3. The molecule has 0 saturated heterocycles. The first-order valence-electron chi connectivity index (χ1n) is 3.27. The van der Waals surface area contributed by atoms with Gasteiger partial charge in [0.15, 0.2) is 11.6 Å². The first kappa shape index (κ1) is 12.7. The van der Waals surface area contributed by atoms with Gasteiger partial charge in [-0.25, -0.2) is 0 Å². The summed E-state index contributed by atoms with van der Waals surface area (Å²) in [5, 5.41) is 26.5. The van der Waals surface area contributed by atoms with Crippen LogP contribution >= 0.6 is 7.60 Å². The normalized spacial score (nSPS) is 19.2. The van der Waals surface area contributed by atoms with Crippen molar-refractivity contribution in [2.45, 2.75) is 25.0 Å². The van der Waals surface area contributed by atoms with Crippen molar-refractivity contribution < 1.29 is 34.5 Å². The van der Waals surface area contributed by atoms with Crippen LogP contribution in [0.1, 0.15) is 6.92 Å². The summed E-state index contributed by atoms with van der Waals surface area (Å²) in [5.41, 5.74) is 0. The van der Waals surface area contributed by atoms with Gasteiger partial charge in [-0.1, -0.05) is 0 Å². The van der Waals surface area contributed by atoms with Gasteiger partial charge < -0.3 is 25.1 Å². The maximum atomic E-state index is 10.4. The summed E-state index contributed by atoms with van der Waals surface area (Å²) in [6, 6.07) is 0. The third-order valence-electron chi connectivity index (χ3n) is 1.39. The fraction of sp³-hybridized carbons (Fsp3) is 0.800. The minimum Gasteiger partial charge on any atom is -0.387 e. The molecule has 0 aromatic rings. The smallest absolute Gasteiger partial charge is 0.356 e. The van der Waals surface area contributed by atoms with Crippen LogP contribution in [0.3, 0.4) is 0 Å². The molecule has 0 aromatic carbocycles. The van der Waals surface area contributed by atoms with Crippen LogP contribution in [0.4, 0.5) is 0 Å². The molecular formula is C5H11O7P. The Morgan fingerprint density at radius 3 is 1.85 bits per heavy atom. The van der Waals surface area contributed by atoms with E-state index in [2.05, 4.69) is 0 Å². The summed E-state index contributed by atoms with van der Waals surface area (Å²) < 4.78 is 10.4. The topological polar surface area (TPSA) is 135 Å². The number of hydrogen-bond donors (Lipinski definition) is 5. The van der Waals surface area contributed by atoms with E-state index in [9.17, 15) is 9.36 Å². The van der Waals surface area contributed by atoms with E-state index in [4.69, 9.17) is 25.1 Å². The molecule has 0 aromatic heterocycles. The maximum Gasteiger partial charge on any atom is 0.356 e. The van der Waals surface area contributed by atoms with Gasteiger partial charge in [0.05, 0.1) is 0 Å². The van der Waals surface area contributed by atoms with Gasteiger partial charge in [-0.2, -0.15) is 0 Å². The molecule has 3 atom stereocenters. The van der Waals surface area contributed by atoms with Crippen LogP contribution < -0.4 is 0 Å². The first-order chi connectivity index (χ1) is 5.68. The molecule has 13 heavy (non-hydrogen) atoms. The molecule has 0 aliphatic heterocycles. The predicted molar refractivity (Wildman–Crippen MR) is 40.7 cm³/mol. The van der Waals surface area contributed by atoms with Crippen molar-refractivity contribution in [3.8, 4) is 0 Å². The standard InChI is InChI=1S/C5H11O7P/c1-2(6)3(7)4(8)5(9)13(10,11)12/h3-5,7-9H,1H3,(H2,10,11,12)/t3-,4-,5?/m1/s1. The summed E-state index contributed by atoms with van der Waals surface area (Å²) >= 11 is 0. The molecule has 7 nitrogen and oxygen atoms in total. The molecule has 0 radical (unpaired) electrons. The number of hydrogen-bond acceptors (Lipinski definition) is 5. The molecule has 5 N–H and O–H groups in total. The molecule has 0 rings (SSSR count). The number of carbonyl (C=O) groups excluding carboxylic acids is 1. The Kier molecular flexibility index (Phi) is 4.18. The monoisotopic (exact) mass is 214 g/mol. The van der Waals surface area contributed by atoms with E-state index in [-0.39, 0.29) is 0 Å². The quantitative estimate of drug-likeness (QED) is 0.335. The van der Waals surface area contributed by atoms with Gasteiger partial charge in [0.1, 0.15) is 12.2 Å². The highest BCUT2D eigenvalue weighted by Gasteiger charge is 2.38. The molecular weight excluding hydrogens is 203 g/mol. The Hall–Kier alpha value is -0.300. The lowest BCUT2D eigenvalue weighted by molar-refractivity contribution is -0.133. The van der Waals surface area contributed by atoms with Crippen molar-refractivity contribution in [1.82, 2.24) is 0 Å². The second-order valence-corrected chi connectivity index (χ2v) is 4.26. The second kappa shape index (κ2) is 4.28. The third-order valence-corrected chi connectivity index (χ3v) is 2.38. The van der Waals surface area contributed by atoms with Crippen LogP contribution in [0.5, 0.6) is 0 Å². The summed E-state index contributed by atoms with van der Waals surface area (Å²) in [6.45, 7) is 0.917. The zero-order chi connectivity index (χ0) is 10.8. The van der Waals surface area contributed by atoms with Gasteiger partial charge in [-0.3, -0.25) is 9.36 Å². The molecule has 0 aliphatic carbocycles. The van der Waals surface area contributed by atoms with Crippen LogP contribution in [0, 0.1) is 0 Å². The number of rotatable bonds is 4. The Bertz CT molecular complexity index is 233. The largest absolute Gasteiger partial charge is 0.387 e. The van der Waals surface area contributed by atoms with E-state index < -0.39 is 31.4 Å². The Labute approximate surface area is 73.8 Å². The van der Waals surface area contributed by atoms with Gasteiger partial charge in [-0.05, 0) is 6.92 Å². The molecule has 0 bridgehead atoms. The van der Waals surface area contributed by atoms with Crippen LogP contribution in [0.2, 0.25) is 0 Å². The predicted octanol–water partition coefficient (Wildman–Crippen LogP) is -2.21. The first-order valence-corrected chi connectivity index (χ1v) is 4.96. The zero-order valence-corrected chi connectivity index (χ0v) is 7.63. The van der Waals surface area contributed by atoms with E-state index >= 15 is 0 Å². The van der Waals surface area contributed by atoms with Crippen LogP contribution in [0.15, 0.2) is 0 Å². The highest BCUT2D eigenvalue weighted by molar-refractivity contribution is 7.52. The SMILES string of the molecule is CC(=O)[C@@H](O)[C@@H](O)C(O)P(=O)(O)O. The molecule has 0 fully saturated rings. The number of aliphatic hydroxyl groups excluding tert-OH is 3. The lowest BCUT2D eigenvalue weighted by Gasteiger charge is -2.21. The van der Waals surface area contributed by atoms with Crippen molar-refractivity contribution in [3.63, 3.8) is 0 Å². The molecule has 0 spiro atoms. The van der Waals surface area contributed by atoms with Crippen molar-refractivity contribution in [1.29, 1.82) is 0 Å². The highest BCUT2D eigenvalue weighted by Crippen LogP contribution is 2.41. The van der Waals surface area contributed by atoms with E-state index in [1.54, 1.807) is 0 Å². The Balaban J connectivity index is 4.52. The summed E-state index contributed by atoms with van der Waals surface area (Å²) in [4.78, 5) is 27.2. The summed E-state index contributed by atoms with van der Waals surface area (Å²) in [5.74, 6) is -3.34. The number of ketones is 1. The molecule has 1 unspecified atom stereocenters. The van der Waals surface area contributed by atoms with Gasteiger partial charge in [-0.15, -0.1) is 0 Å². The van der Waals surface area contributed by atoms with Crippen molar-refractivity contribution >= 4 is 13.4 Å². The average molecular weight is 214 g/mol. The van der Waals surface area contributed by atoms with Crippen molar-refractivity contribution in [2.75, 3.05) is 0 Å². The fourth-order valence-corrected chi connectivity index (χ4v) is 1.16. The maximum absolute atomic E-state index is 10.4. The highest BCUT2D eigenvalue weighted by atomic mass is 31.2. The summed E-state index contributed by atoms with van der Waals surface area (Å²) in [6.07, 6.45) is -4.18.